The van der Waals surface area contributed by atoms with Crippen LogP contribution in [0.5, 0.6) is 0 Å². The van der Waals surface area contributed by atoms with Gasteiger partial charge in [0, 0.05) is 30.6 Å². The Balaban J connectivity index is 2.12. The third kappa shape index (κ3) is 3.46. The molecule has 0 aliphatic carbocycles. The fourth-order valence-electron chi connectivity index (χ4n) is 1.88. The van der Waals surface area contributed by atoms with E-state index in [2.05, 4.69) is 10.4 Å². The first kappa shape index (κ1) is 14.7. The van der Waals surface area contributed by atoms with Gasteiger partial charge >= 0.3 is 0 Å². The molecule has 1 N–H and O–H groups in total. The van der Waals surface area contributed by atoms with Gasteiger partial charge in [-0.2, -0.15) is 16.4 Å². The zero-order chi connectivity index (χ0) is 14.5. The second-order valence-electron chi connectivity index (χ2n) is 4.80. The molecule has 0 saturated carbocycles. The molecule has 0 fully saturated rings. The molecule has 1 amide bonds. The van der Waals surface area contributed by atoms with Crippen LogP contribution in [0.2, 0.25) is 0 Å². The fourth-order valence-corrected chi connectivity index (χ4v) is 2.53. The monoisotopic (exact) mass is 292 g/mol. The zero-order valence-electron chi connectivity index (χ0n) is 12.1. The van der Waals surface area contributed by atoms with Crippen LogP contribution in [-0.2, 0) is 6.54 Å². The number of aromatic nitrogens is 2. The normalized spacial score (nSPS) is 11.0. The second kappa shape index (κ2) is 6.67. The molecular formula is C14H20N4OS. The lowest BCUT2D eigenvalue weighted by Crippen LogP contribution is -2.32. The van der Waals surface area contributed by atoms with Crippen molar-refractivity contribution in [2.75, 3.05) is 27.2 Å². The molecule has 2 heterocycles. The molecule has 0 atom stereocenters. The largest absolute Gasteiger partial charge is 0.349 e. The first-order valence-electron chi connectivity index (χ1n) is 6.65. The quantitative estimate of drug-likeness (QED) is 0.885. The summed E-state index contributed by atoms with van der Waals surface area (Å²) < 4.78 is 1.75. The van der Waals surface area contributed by atoms with Crippen LogP contribution < -0.4 is 5.32 Å². The zero-order valence-corrected chi connectivity index (χ0v) is 12.9. The van der Waals surface area contributed by atoms with Gasteiger partial charge in [-0.05, 0) is 38.5 Å². The topological polar surface area (TPSA) is 50.2 Å². The van der Waals surface area contributed by atoms with Gasteiger partial charge < -0.3 is 10.2 Å². The number of hydrogen-bond donors (Lipinski definition) is 1. The number of nitrogens with one attached hydrogen (secondary N) is 1. The summed E-state index contributed by atoms with van der Waals surface area (Å²) in [5.74, 6) is -0.0670. The van der Waals surface area contributed by atoms with Crippen LogP contribution in [0.1, 0.15) is 17.4 Å². The predicted octanol–water partition coefficient (Wildman–Crippen LogP) is 1.92. The molecule has 0 unspecified atom stereocenters. The van der Waals surface area contributed by atoms with Crippen LogP contribution in [0.4, 0.5) is 0 Å². The average molecular weight is 292 g/mol. The third-order valence-electron chi connectivity index (χ3n) is 2.97. The van der Waals surface area contributed by atoms with Crippen molar-refractivity contribution in [2.45, 2.75) is 13.5 Å². The summed E-state index contributed by atoms with van der Waals surface area (Å²) in [4.78, 5) is 14.2. The summed E-state index contributed by atoms with van der Waals surface area (Å²) in [6.45, 7) is 4.12. The number of rotatable bonds is 6. The highest BCUT2D eigenvalue weighted by Crippen LogP contribution is 2.21. The van der Waals surface area contributed by atoms with E-state index in [0.717, 1.165) is 17.8 Å². The van der Waals surface area contributed by atoms with Gasteiger partial charge in [-0.15, -0.1) is 0 Å². The summed E-state index contributed by atoms with van der Waals surface area (Å²) in [5.41, 5.74) is 2.53. The molecule has 5 nitrogen and oxygen atoms in total. The first-order chi connectivity index (χ1) is 9.61. The van der Waals surface area contributed by atoms with Gasteiger partial charge in [0.2, 0.25) is 0 Å². The van der Waals surface area contributed by atoms with Crippen molar-refractivity contribution < 1.29 is 4.79 Å². The fraction of sp³-hybridized carbons (Fsp3) is 0.429. The summed E-state index contributed by atoms with van der Waals surface area (Å²) >= 11 is 1.63. The molecule has 0 bridgehead atoms. The Morgan fingerprint density at radius 3 is 2.90 bits per heavy atom. The number of carbonyl (C=O) groups excluding carboxylic acids is 1. The lowest BCUT2D eigenvalue weighted by molar-refractivity contribution is 0.0940. The molecule has 0 saturated heterocycles. The Kier molecular flexibility index (Phi) is 4.92. The lowest BCUT2D eigenvalue weighted by atomic mass is 10.2. The van der Waals surface area contributed by atoms with E-state index in [4.69, 9.17) is 0 Å². The molecule has 0 aromatic carbocycles. The van der Waals surface area contributed by atoms with Gasteiger partial charge in [0.05, 0.1) is 5.69 Å². The van der Waals surface area contributed by atoms with Crippen molar-refractivity contribution in [1.82, 2.24) is 20.0 Å². The molecule has 2 aromatic rings. The first-order valence-corrected chi connectivity index (χ1v) is 7.59. The van der Waals surface area contributed by atoms with Gasteiger partial charge in [0.25, 0.3) is 5.91 Å². The lowest BCUT2D eigenvalue weighted by Gasteiger charge is -2.10. The van der Waals surface area contributed by atoms with Crippen LogP contribution >= 0.6 is 11.3 Å². The van der Waals surface area contributed by atoms with E-state index in [-0.39, 0.29) is 5.91 Å². The van der Waals surface area contributed by atoms with E-state index < -0.39 is 0 Å². The minimum absolute atomic E-state index is 0.0670. The molecule has 0 aliphatic heterocycles. The molecule has 20 heavy (non-hydrogen) atoms. The number of aryl methyl sites for hydroxylation is 1. The highest BCUT2D eigenvalue weighted by molar-refractivity contribution is 7.08. The minimum Gasteiger partial charge on any atom is -0.349 e. The van der Waals surface area contributed by atoms with Crippen LogP contribution in [0.3, 0.4) is 0 Å². The summed E-state index contributed by atoms with van der Waals surface area (Å²) in [5, 5.41) is 11.5. The molecule has 108 valence electrons. The summed E-state index contributed by atoms with van der Waals surface area (Å²) in [7, 11) is 3.97. The number of hydrogen-bond acceptors (Lipinski definition) is 4. The van der Waals surface area contributed by atoms with Gasteiger partial charge in [-0.3, -0.25) is 9.48 Å². The van der Waals surface area contributed by atoms with Crippen molar-refractivity contribution in [3.8, 4) is 11.3 Å². The van der Waals surface area contributed by atoms with E-state index in [1.807, 2.05) is 48.8 Å². The highest BCUT2D eigenvalue weighted by atomic mass is 32.1. The molecule has 0 aliphatic rings. The van der Waals surface area contributed by atoms with E-state index in [0.29, 0.717) is 18.8 Å². The van der Waals surface area contributed by atoms with Gasteiger partial charge in [-0.25, -0.2) is 0 Å². The summed E-state index contributed by atoms with van der Waals surface area (Å²) in [6.07, 6.45) is 0. The van der Waals surface area contributed by atoms with Crippen LogP contribution in [-0.4, -0.2) is 47.8 Å². The van der Waals surface area contributed by atoms with Gasteiger partial charge in [-0.1, -0.05) is 0 Å². The minimum atomic E-state index is -0.0670. The number of amides is 1. The molecule has 6 heteroatoms. The Hall–Kier alpha value is -1.66. The number of thiophene rings is 1. The maximum atomic E-state index is 12.2. The van der Waals surface area contributed by atoms with Gasteiger partial charge in [0.1, 0.15) is 5.69 Å². The van der Waals surface area contributed by atoms with Crippen molar-refractivity contribution in [1.29, 1.82) is 0 Å². The van der Waals surface area contributed by atoms with E-state index in [1.54, 1.807) is 16.0 Å². The van der Waals surface area contributed by atoms with Crippen LogP contribution in [0.25, 0.3) is 11.3 Å². The maximum Gasteiger partial charge on any atom is 0.269 e. The van der Waals surface area contributed by atoms with Crippen molar-refractivity contribution in [3.63, 3.8) is 0 Å². The van der Waals surface area contributed by atoms with Crippen molar-refractivity contribution >= 4 is 17.2 Å². The van der Waals surface area contributed by atoms with Crippen LogP contribution in [0, 0.1) is 0 Å². The smallest absolute Gasteiger partial charge is 0.269 e. The van der Waals surface area contributed by atoms with E-state index >= 15 is 0 Å². The average Bonchev–Trinajstić information content (AvgIpc) is 3.06. The third-order valence-corrected chi connectivity index (χ3v) is 3.66. The second-order valence-corrected chi connectivity index (χ2v) is 5.58. The molecule has 0 radical (unpaired) electrons. The Bertz CT molecular complexity index is 560. The SMILES string of the molecule is CCn1nc(-c2ccsc2)cc1C(=O)NCCN(C)C. The Labute approximate surface area is 123 Å². The standard InChI is InChI=1S/C14H20N4OS/c1-4-18-13(14(19)15-6-7-17(2)3)9-12(16-18)11-5-8-20-10-11/h5,8-10H,4,6-7H2,1-3H3,(H,15,19). The number of carbonyl (C=O) groups is 1. The maximum absolute atomic E-state index is 12.2. The van der Waals surface area contributed by atoms with Crippen LogP contribution in [0.15, 0.2) is 22.9 Å². The number of likely N-dealkylation sites (N-methyl/N-ethyl adjacent to an activating group) is 1. The molecule has 0 spiro atoms. The molecule has 2 aromatic heterocycles. The molecule has 2 rings (SSSR count). The van der Waals surface area contributed by atoms with Gasteiger partial charge in [0.15, 0.2) is 0 Å². The number of nitrogens with zero attached hydrogens (tertiary/aromatic N) is 3. The summed E-state index contributed by atoms with van der Waals surface area (Å²) in [6, 6.07) is 3.87. The van der Waals surface area contributed by atoms with Crippen molar-refractivity contribution in [2.24, 2.45) is 0 Å². The van der Waals surface area contributed by atoms with E-state index in [9.17, 15) is 4.79 Å². The Morgan fingerprint density at radius 2 is 2.30 bits per heavy atom. The van der Waals surface area contributed by atoms with Crippen molar-refractivity contribution in [3.05, 3.63) is 28.6 Å². The van der Waals surface area contributed by atoms with E-state index in [1.165, 1.54) is 0 Å². The predicted molar refractivity (Wildman–Crippen MR) is 82.1 cm³/mol. The molecular weight excluding hydrogens is 272 g/mol. The highest BCUT2D eigenvalue weighted by Gasteiger charge is 2.15. The Morgan fingerprint density at radius 1 is 1.50 bits per heavy atom.